The van der Waals surface area contributed by atoms with Crippen molar-refractivity contribution in [3.8, 4) is 0 Å². The third-order valence-corrected chi connectivity index (χ3v) is 4.23. The van der Waals surface area contributed by atoms with E-state index in [1.807, 2.05) is 13.8 Å². The zero-order valence-electron chi connectivity index (χ0n) is 14.7. The summed E-state index contributed by atoms with van der Waals surface area (Å²) in [6.07, 6.45) is 1.42. The normalized spacial score (nSPS) is 20.0. The van der Waals surface area contributed by atoms with Crippen molar-refractivity contribution in [2.75, 3.05) is 12.3 Å². The van der Waals surface area contributed by atoms with Gasteiger partial charge in [0.1, 0.15) is 17.7 Å². The van der Waals surface area contributed by atoms with Crippen molar-refractivity contribution in [2.24, 2.45) is 0 Å². The number of anilines is 1. The molecule has 8 heteroatoms. The number of nitrogen functional groups attached to an aromatic ring is 1. The highest BCUT2D eigenvalue weighted by atomic mass is 16.5. The smallest absolute Gasteiger partial charge is 0.352 e. The van der Waals surface area contributed by atoms with Crippen LogP contribution in [0.5, 0.6) is 0 Å². The van der Waals surface area contributed by atoms with Crippen LogP contribution in [0, 0.1) is 0 Å². The van der Waals surface area contributed by atoms with Crippen LogP contribution in [0.15, 0.2) is 4.79 Å². The van der Waals surface area contributed by atoms with E-state index in [0.717, 1.165) is 4.57 Å². The molecule has 25 heavy (non-hydrogen) atoms. The van der Waals surface area contributed by atoms with E-state index < -0.39 is 18.0 Å². The number of aliphatic hydroxyl groups excluding tert-OH is 1. The Balaban J connectivity index is 2.64. The van der Waals surface area contributed by atoms with E-state index in [0.29, 0.717) is 25.7 Å². The quantitative estimate of drug-likeness (QED) is 0.679. The number of nitrogens with two attached hydrogens (primary N) is 1. The lowest BCUT2D eigenvalue weighted by Crippen LogP contribution is -2.35. The molecule has 1 aliphatic rings. The van der Waals surface area contributed by atoms with E-state index >= 15 is 0 Å². The molecule has 1 aliphatic heterocycles. The standard InChI is InChI=1S/C17H25N3O5/c1-3-5-11(22)14-15(12(23)6-4-2)20(17(24)19-16(14)18)13-8-7-10(9-21)25-13/h10,13,21H,3-9H2,1-2H3,(H2,18,19,24)/t10-,13+/m0/s1. The minimum Gasteiger partial charge on any atom is -0.394 e. The lowest BCUT2D eigenvalue weighted by molar-refractivity contribution is -0.0255. The lowest BCUT2D eigenvalue weighted by Gasteiger charge is -2.21. The maximum Gasteiger partial charge on any atom is 0.352 e. The van der Waals surface area contributed by atoms with Gasteiger partial charge in [0, 0.05) is 12.8 Å². The molecule has 1 fully saturated rings. The molecule has 138 valence electrons. The summed E-state index contributed by atoms with van der Waals surface area (Å²) in [7, 11) is 0. The van der Waals surface area contributed by atoms with Gasteiger partial charge in [0.15, 0.2) is 11.6 Å². The number of rotatable bonds is 8. The van der Waals surface area contributed by atoms with E-state index in [2.05, 4.69) is 4.98 Å². The first-order chi connectivity index (χ1) is 11.9. The minimum atomic E-state index is -0.735. The minimum absolute atomic E-state index is 0.0101. The van der Waals surface area contributed by atoms with Gasteiger partial charge < -0.3 is 15.6 Å². The predicted molar refractivity (Wildman–Crippen MR) is 91.6 cm³/mol. The summed E-state index contributed by atoms with van der Waals surface area (Å²) in [5.74, 6) is -0.850. The van der Waals surface area contributed by atoms with Crippen molar-refractivity contribution in [3.63, 3.8) is 0 Å². The molecule has 0 aliphatic carbocycles. The van der Waals surface area contributed by atoms with Crippen LogP contribution in [0.25, 0.3) is 0 Å². The molecule has 0 spiro atoms. The average molecular weight is 351 g/mol. The molecule has 8 nitrogen and oxygen atoms in total. The maximum atomic E-state index is 12.7. The molecule has 2 heterocycles. The number of ether oxygens (including phenoxy) is 1. The molecule has 1 saturated heterocycles. The van der Waals surface area contributed by atoms with Crippen LogP contribution in [-0.4, -0.2) is 38.9 Å². The number of ketones is 2. The van der Waals surface area contributed by atoms with E-state index in [4.69, 9.17) is 10.5 Å². The molecular weight excluding hydrogens is 326 g/mol. The largest absolute Gasteiger partial charge is 0.394 e. The van der Waals surface area contributed by atoms with Gasteiger partial charge in [-0.1, -0.05) is 13.8 Å². The van der Waals surface area contributed by atoms with Crippen molar-refractivity contribution < 1.29 is 19.4 Å². The number of hydrogen-bond acceptors (Lipinski definition) is 7. The summed E-state index contributed by atoms with van der Waals surface area (Å²) in [6.45, 7) is 3.51. The van der Waals surface area contributed by atoms with Crippen molar-refractivity contribution in [3.05, 3.63) is 21.7 Å². The van der Waals surface area contributed by atoms with Gasteiger partial charge in [-0.25, -0.2) is 4.79 Å². The molecule has 1 aromatic rings. The number of Topliss-reactive ketones (excluding diaryl/α,β-unsaturated/α-hetero) is 2. The molecule has 0 bridgehead atoms. The van der Waals surface area contributed by atoms with Gasteiger partial charge in [-0.05, 0) is 25.7 Å². The molecular formula is C17H25N3O5. The Kier molecular flexibility index (Phi) is 6.44. The number of aromatic nitrogens is 2. The second-order valence-corrected chi connectivity index (χ2v) is 6.19. The van der Waals surface area contributed by atoms with Crippen LogP contribution >= 0.6 is 0 Å². The van der Waals surface area contributed by atoms with Crippen molar-refractivity contribution >= 4 is 17.4 Å². The summed E-state index contributed by atoms with van der Waals surface area (Å²) in [5, 5.41) is 9.25. The van der Waals surface area contributed by atoms with Crippen molar-refractivity contribution in [1.82, 2.24) is 9.55 Å². The van der Waals surface area contributed by atoms with Gasteiger partial charge in [0.2, 0.25) is 0 Å². The van der Waals surface area contributed by atoms with E-state index in [-0.39, 0.29) is 48.1 Å². The van der Waals surface area contributed by atoms with Gasteiger partial charge in [0.25, 0.3) is 0 Å². The zero-order valence-corrected chi connectivity index (χ0v) is 14.7. The molecule has 0 radical (unpaired) electrons. The predicted octanol–water partition coefficient (Wildman–Crippen LogP) is 1.46. The monoisotopic (exact) mass is 351 g/mol. The fraction of sp³-hybridized carbons (Fsp3) is 0.647. The van der Waals surface area contributed by atoms with Crippen molar-refractivity contribution in [1.29, 1.82) is 0 Å². The number of carbonyl (C=O) groups excluding carboxylic acids is 2. The summed E-state index contributed by atoms with van der Waals surface area (Å²) >= 11 is 0. The fourth-order valence-electron chi connectivity index (χ4n) is 3.07. The first kappa shape index (κ1) is 19.3. The lowest BCUT2D eigenvalue weighted by atomic mass is 10.0. The Morgan fingerprint density at radius 3 is 2.44 bits per heavy atom. The van der Waals surface area contributed by atoms with Crippen LogP contribution in [0.3, 0.4) is 0 Å². The number of carbonyl (C=O) groups is 2. The number of nitrogens with zero attached hydrogens (tertiary/aromatic N) is 2. The maximum absolute atomic E-state index is 12.7. The highest BCUT2D eigenvalue weighted by molar-refractivity contribution is 6.10. The third-order valence-electron chi connectivity index (χ3n) is 4.23. The van der Waals surface area contributed by atoms with Crippen molar-refractivity contribution in [2.45, 2.75) is 64.7 Å². The second-order valence-electron chi connectivity index (χ2n) is 6.19. The molecule has 2 rings (SSSR count). The highest BCUT2D eigenvalue weighted by Gasteiger charge is 2.33. The molecule has 0 aromatic carbocycles. The molecule has 2 atom stereocenters. The van der Waals surface area contributed by atoms with E-state index in [9.17, 15) is 19.5 Å². The first-order valence-corrected chi connectivity index (χ1v) is 8.69. The van der Waals surface area contributed by atoms with Crippen LogP contribution in [-0.2, 0) is 4.74 Å². The second kappa shape index (κ2) is 8.35. The van der Waals surface area contributed by atoms with Gasteiger partial charge in [-0.3, -0.25) is 14.2 Å². The SMILES string of the molecule is CCCC(=O)c1c(N)nc(=O)n([C@H]2CC[C@@H](CO)O2)c1C(=O)CCC. The molecule has 3 N–H and O–H groups in total. The van der Waals surface area contributed by atoms with Crippen LogP contribution in [0.1, 0.15) is 79.4 Å². The van der Waals surface area contributed by atoms with Crippen LogP contribution in [0.4, 0.5) is 5.82 Å². The topological polar surface area (TPSA) is 125 Å². The van der Waals surface area contributed by atoms with E-state index in [1.54, 1.807) is 0 Å². The van der Waals surface area contributed by atoms with Gasteiger partial charge >= 0.3 is 5.69 Å². The third kappa shape index (κ3) is 3.96. The Morgan fingerprint density at radius 1 is 1.24 bits per heavy atom. The highest BCUT2D eigenvalue weighted by Crippen LogP contribution is 2.30. The first-order valence-electron chi connectivity index (χ1n) is 8.69. The van der Waals surface area contributed by atoms with Crippen LogP contribution in [0.2, 0.25) is 0 Å². The summed E-state index contributed by atoms with van der Waals surface area (Å²) in [6, 6.07) is 0. The fourth-order valence-corrected chi connectivity index (χ4v) is 3.07. The Bertz CT molecular complexity index is 713. The molecule has 0 saturated carbocycles. The van der Waals surface area contributed by atoms with Gasteiger partial charge in [-0.15, -0.1) is 0 Å². The van der Waals surface area contributed by atoms with Crippen LogP contribution < -0.4 is 11.4 Å². The Morgan fingerprint density at radius 2 is 1.88 bits per heavy atom. The summed E-state index contributed by atoms with van der Waals surface area (Å²) in [4.78, 5) is 41.4. The van der Waals surface area contributed by atoms with E-state index in [1.165, 1.54) is 0 Å². The molecule has 0 amide bonds. The number of hydrogen-bond donors (Lipinski definition) is 2. The average Bonchev–Trinajstić information content (AvgIpc) is 3.03. The van der Waals surface area contributed by atoms with Gasteiger partial charge in [0.05, 0.1) is 18.3 Å². The molecule has 1 aromatic heterocycles. The van der Waals surface area contributed by atoms with Gasteiger partial charge in [-0.2, -0.15) is 4.98 Å². The number of aliphatic hydroxyl groups is 1. The molecule has 0 unspecified atom stereocenters. The Hall–Kier alpha value is -2.06. The Labute approximate surface area is 146 Å². The summed E-state index contributed by atoms with van der Waals surface area (Å²) in [5.41, 5.74) is 5.11. The summed E-state index contributed by atoms with van der Waals surface area (Å²) < 4.78 is 6.80. The zero-order chi connectivity index (χ0) is 18.6.